The molecule has 0 aromatic heterocycles. The average molecular weight is 408 g/mol. The first-order valence-electron chi connectivity index (χ1n) is 9.55. The first-order valence-corrected chi connectivity index (χ1v) is 9.55. The fourth-order valence-corrected chi connectivity index (χ4v) is 3.51. The molecular formula is C20H32N4O5. The van der Waals surface area contributed by atoms with Gasteiger partial charge in [0.05, 0.1) is 0 Å². The summed E-state index contributed by atoms with van der Waals surface area (Å²) in [6, 6.07) is 9.59. The van der Waals surface area contributed by atoms with E-state index in [-0.39, 0.29) is 36.1 Å². The number of primary amides is 1. The number of hydrogen-bond donors (Lipinski definition) is 4. The number of rotatable bonds is 4. The van der Waals surface area contributed by atoms with E-state index in [9.17, 15) is 9.59 Å². The average Bonchev–Trinajstić information content (AvgIpc) is 2.65. The molecule has 0 heterocycles. The van der Waals surface area contributed by atoms with Gasteiger partial charge in [-0.15, -0.1) is 0 Å². The Morgan fingerprint density at radius 3 is 2.31 bits per heavy atom. The largest absolute Gasteiger partial charge is 0.465 e. The molecule has 162 valence electrons. The summed E-state index contributed by atoms with van der Waals surface area (Å²) in [5, 5.41) is 7.19. The van der Waals surface area contributed by atoms with Crippen LogP contribution < -0.4 is 17.0 Å². The van der Waals surface area contributed by atoms with Crippen molar-refractivity contribution in [1.29, 1.82) is 0 Å². The third-order valence-electron chi connectivity index (χ3n) is 4.65. The van der Waals surface area contributed by atoms with Crippen molar-refractivity contribution in [2.24, 2.45) is 17.5 Å². The van der Waals surface area contributed by atoms with Gasteiger partial charge < -0.3 is 20.5 Å². The van der Waals surface area contributed by atoms with E-state index in [0.717, 1.165) is 24.8 Å². The normalized spacial score (nSPS) is 18.6. The topological polar surface area (TPSA) is 148 Å². The van der Waals surface area contributed by atoms with Crippen LogP contribution in [0.5, 0.6) is 0 Å². The van der Waals surface area contributed by atoms with Crippen molar-refractivity contribution in [1.82, 2.24) is 10.3 Å². The zero-order valence-corrected chi connectivity index (χ0v) is 17.3. The first kappa shape index (κ1) is 24.2. The molecular weight excluding hydrogens is 376 g/mol. The summed E-state index contributed by atoms with van der Waals surface area (Å²) in [6.07, 6.45) is 1.50. The van der Waals surface area contributed by atoms with Gasteiger partial charge in [0.25, 0.3) is 0 Å². The summed E-state index contributed by atoms with van der Waals surface area (Å²) in [4.78, 5) is 35.2. The summed E-state index contributed by atoms with van der Waals surface area (Å²) in [7, 11) is 0. The molecule has 9 heteroatoms. The van der Waals surface area contributed by atoms with Gasteiger partial charge in [0.1, 0.15) is 6.61 Å². The number of ether oxygens (including phenoxy) is 1. The predicted molar refractivity (Wildman–Crippen MR) is 109 cm³/mol. The van der Waals surface area contributed by atoms with Gasteiger partial charge in [0, 0.05) is 17.5 Å². The number of hydrazine groups is 1. The van der Waals surface area contributed by atoms with Crippen molar-refractivity contribution >= 4 is 18.1 Å². The van der Waals surface area contributed by atoms with Crippen LogP contribution in [0.4, 0.5) is 9.59 Å². The molecule has 6 N–H and O–H groups in total. The number of nitrogens with one attached hydrogen (secondary N) is 1. The van der Waals surface area contributed by atoms with Crippen LogP contribution in [0.1, 0.15) is 52.0 Å². The molecule has 3 amide bonds. The number of nitrogens with two attached hydrogens (primary N) is 2. The molecule has 0 spiro atoms. The Kier molecular flexibility index (Phi) is 9.40. The number of benzene rings is 1. The van der Waals surface area contributed by atoms with Gasteiger partial charge in [-0.3, -0.25) is 10.2 Å². The van der Waals surface area contributed by atoms with E-state index in [1.165, 1.54) is 0 Å². The van der Waals surface area contributed by atoms with Crippen LogP contribution in [0.25, 0.3) is 0 Å². The zero-order chi connectivity index (χ0) is 22.0. The van der Waals surface area contributed by atoms with E-state index in [4.69, 9.17) is 20.5 Å². The van der Waals surface area contributed by atoms with E-state index < -0.39 is 6.09 Å². The maximum absolute atomic E-state index is 12.8. The number of nitrogens with zero attached hydrogens (tertiary/aromatic N) is 1. The maximum Gasteiger partial charge on any atom is 0.410 e. The highest BCUT2D eigenvalue weighted by molar-refractivity contribution is 5.78. The van der Waals surface area contributed by atoms with E-state index in [2.05, 4.69) is 11.2 Å². The number of amides is 3. The first-order chi connectivity index (χ1) is 13.6. The zero-order valence-electron chi connectivity index (χ0n) is 17.3. The van der Waals surface area contributed by atoms with Crippen LogP contribution in [0.3, 0.4) is 0 Å². The lowest BCUT2D eigenvalue weighted by Gasteiger charge is -2.43. The van der Waals surface area contributed by atoms with Crippen LogP contribution in [0, 0.1) is 5.92 Å². The fourth-order valence-electron chi connectivity index (χ4n) is 3.51. The lowest BCUT2D eigenvalue weighted by molar-refractivity contribution is -0.127. The van der Waals surface area contributed by atoms with Crippen LogP contribution in [0.15, 0.2) is 30.3 Å². The summed E-state index contributed by atoms with van der Waals surface area (Å²) < 4.78 is 5.55. The minimum atomic E-state index is -1.33. The van der Waals surface area contributed by atoms with Crippen molar-refractivity contribution in [2.75, 3.05) is 0 Å². The number of carboxylic acid groups (broad SMARTS) is 1. The summed E-state index contributed by atoms with van der Waals surface area (Å²) in [5.74, 6) is 4.96. The van der Waals surface area contributed by atoms with Crippen LogP contribution in [-0.2, 0) is 16.1 Å². The molecule has 9 nitrogen and oxygen atoms in total. The second kappa shape index (κ2) is 11.3. The molecule has 0 bridgehead atoms. The SMILES string of the molecule is CC(C)(C)N(C(=O)OCc1ccccc1)[C@@H]1CCC[C@H](C(=O)NN)C1.NC(=O)O. The van der Waals surface area contributed by atoms with Gasteiger partial charge in [0.15, 0.2) is 0 Å². The summed E-state index contributed by atoms with van der Waals surface area (Å²) >= 11 is 0. The van der Waals surface area contributed by atoms with E-state index in [1.807, 2.05) is 51.1 Å². The molecule has 0 radical (unpaired) electrons. The lowest BCUT2D eigenvalue weighted by atomic mass is 9.83. The molecule has 1 aliphatic carbocycles. The van der Waals surface area contributed by atoms with Crippen LogP contribution in [0.2, 0.25) is 0 Å². The molecule has 1 aromatic carbocycles. The molecule has 1 aromatic rings. The highest BCUT2D eigenvalue weighted by Gasteiger charge is 2.38. The van der Waals surface area contributed by atoms with Gasteiger partial charge in [-0.05, 0) is 45.6 Å². The van der Waals surface area contributed by atoms with E-state index in [0.29, 0.717) is 6.42 Å². The Bertz CT molecular complexity index is 671. The van der Waals surface area contributed by atoms with Crippen molar-refractivity contribution in [3.8, 4) is 0 Å². The molecule has 1 aliphatic rings. The van der Waals surface area contributed by atoms with Gasteiger partial charge in [-0.25, -0.2) is 15.4 Å². The lowest BCUT2D eigenvalue weighted by Crippen LogP contribution is -2.54. The van der Waals surface area contributed by atoms with Gasteiger partial charge in [-0.2, -0.15) is 0 Å². The van der Waals surface area contributed by atoms with E-state index >= 15 is 0 Å². The fraction of sp³-hybridized carbons (Fsp3) is 0.550. The maximum atomic E-state index is 12.8. The molecule has 0 saturated heterocycles. The van der Waals surface area contributed by atoms with Gasteiger partial charge >= 0.3 is 12.2 Å². The van der Waals surface area contributed by atoms with E-state index in [1.54, 1.807) is 4.90 Å². The quantitative estimate of drug-likeness (QED) is 0.342. The van der Waals surface area contributed by atoms with Crippen molar-refractivity contribution in [3.63, 3.8) is 0 Å². The van der Waals surface area contributed by atoms with Crippen LogP contribution in [-0.4, -0.2) is 39.7 Å². The number of carbonyl (C=O) groups is 3. The Labute approximate surface area is 171 Å². The second-order valence-electron chi connectivity index (χ2n) is 7.95. The molecule has 1 fully saturated rings. The molecule has 1 saturated carbocycles. The van der Waals surface area contributed by atoms with Crippen molar-refractivity contribution in [2.45, 2.75) is 64.6 Å². The molecule has 2 rings (SSSR count). The van der Waals surface area contributed by atoms with Crippen molar-refractivity contribution < 1.29 is 24.2 Å². The Morgan fingerprint density at radius 1 is 1.21 bits per heavy atom. The predicted octanol–water partition coefficient (Wildman–Crippen LogP) is 2.60. The third kappa shape index (κ3) is 8.39. The third-order valence-corrected chi connectivity index (χ3v) is 4.65. The number of hydrogen-bond acceptors (Lipinski definition) is 5. The minimum absolute atomic E-state index is 0.0284. The molecule has 2 atom stereocenters. The summed E-state index contributed by atoms with van der Waals surface area (Å²) in [5.41, 5.74) is 6.83. The summed E-state index contributed by atoms with van der Waals surface area (Å²) in [6.45, 7) is 6.21. The van der Waals surface area contributed by atoms with Gasteiger partial charge in [0.2, 0.25) is 5.91 Å². The highest BCUT2D eigenvalue weighted by Crippen LogP contribution is 2.32. The number of carbonyl (C=O) groups excluding carboxylic acids is 2. The monoisotopic (exact) mass is 408 g/mol. The molecule has 0 aliphatic heterocycles. The minimum Gasteiger partial charge on any atom is -0.465 e. The Hall–Kier alpha value is -2.81. The highest BCUT2D eigenvalue weighted by atomic mass is 16.6. The van der Waals surface area contributed by atoms with Crippen LogP contribution >= 0.6 is 0 Å². The standard InChI is InChI=1S/C19H29N3O3.CH3NO2/c1-19(2,3)22(16-11-7-10-15(12-16)17(23)21-20)18(24)25-13-14-8-5-4-6-9-14;2-1(3)4/h4-6,8-9,15-16H,7,10-13,20H2,1-3H3,(H,21,23);2H2,(H,3,4)/t15-,16+;/m0./s1. The van der Waals surface area contributed by atoms with Gasteiger partial charge in [-0.1, -0.05) is 36.8 Å². The smallest absolute Gasteiger partial charge is 0.410 e. The second-order valence-corrected chi connectivity index (χ2v) is 7.95. The molecule has 0 unspecified atom stereocenters. The Balaban J connectivity index is 0.000000960. The molecule has 29 heavy (non-hydrogen) atoms. The Morgan fingerprint density at radius 2 is 1.79 bits per heavy atom. The van der Waals surface area contributed by atoms with Crippen molar-refractivity contribution in [3.05, 3.63) is 35.9 Å².